The largest absolute Gasteiger partial charge is 0.354 e. The van der Waals surface area contributed by atoms with Crippen LogP contribution in [0.25, 0.3) is 0 Å². The molecule has 0 heterocycles. The Morgan fingerprint density at radius 2 is 1.72 bits per heavy atom. The molecule has 2 aromatic rings. The van der Waals surface area contributed by atoms with Gasteiger partial charge < -0.3 is 10.2 Å². The Morgan fingerprint density at radius 3 is 2.31 bits per heavy atom. The molecule has 0 unspecified atom stereocenters. The number of nitrogens with zero attached hydrogens (tertiary/aromatic N) is 1. The van der Waals surface area contributed by atoms with E-state index in [0.717, 1.165) is 12.0 Å². The van der Waals surface area contributed by atoms with E-state index in [1.807, 2.05) is 19.9 Å². The number of amides is 2. The molecule has 2 aromatic carbocycles. The summed E-state index contributed by atoms with van der Waals surface area (Å²) in [6.07, 6.45) is 1.28. The third-order valence-electron chi connectivity index (χ3n) is 4.82. The lowest BCUT2D eigenvalue weighted by Gasteiger charge is -2.31. The minimum Gasteiger partial charge on any atom is -0.354 e. The molecule has 1 atom stereocenters. The van der Waals surface area contributed by atoms with E-state index in [0.29, 0.717) is 44.4 Å². The number of thioether (sulfide) groups is 1. The van der Waals surface area contributed by atoms with Crippen LogP contribution in [0.3, 0.4) is 0 Å². The highest BCUT2D eigenvalue weighted by molar-refractivity contribution is 7.99. The molecule has 2 rings (SSSR count). The lowest BCUT2D eigenvalue weighted by Crippen LogP contribution is -2.49. The van der Waals surface area contributed by atoms with E-state index in [1.54, 1.807) is 35.2 Å². The first kappa shape index (κ1) is 27.1. The van der Waals surface area contributed by atoms with Crippen molar-refractivity contribution >= 4 is 70.0 Å². The van der Waals surface area contributed by atoms with Gasteiger partial charge in [-0.2, -0.15) is 0 Å². The van der Waals surface area contributed by atoms with Gasteiger partial charge in [0.25, 0.3) is 0 Å². The van der Waals surface area contributed by atoms with Gasteiger partial charge in [-0.25, -0.2) is 0 Å². The summed E-state index contributed by atoms with van der Waals surface area (Å²) in [6.45, 7) is 4.56. The summed E-state index contributed by atoms with van der Waals surface area (Å²) in [5, 5.41) is 4.93. The number of benzene rings is 2. The zero-order chi connectivity index (χ0) is 23.7. The van der Waals surface area contributed by atoms with Crippen LogP contribution in [0.1, 0.15) is 37.8 Å². The predicted octanol–water partition coefficient (Wildman–Crippen LogP) is 6.87. The number of carbonyl (C=O) groups is 2. The Hall–Kier alpha value is -1.11. The fourth-order valence-corrected chi connectivity index (χ4v) is 5.09. The van der Waals surface area contributed by atoms with Crippen molar-refractivity contribution in [3.63, 3.8) is 0 Å². The average Bonchev–Trinajstić information content (AvgIpc) is 2.75. The number of hydrogen-bond acceptors (Lipinski definition) is 3. The van der Waals surface area contributed by atoms with E-state index < -0.39 is 6.04 Å². The van der Waals surface area contributed by atoms with Gasteiger partial charge >= 0.3 is 0 Å². The van der Waals surface area contributed by atoms with Crippen molar-refractivity contribution < 1.29 is 9.59 Å². The monoisotopic (exact) mass is 534 g/mol. The molecule has 0 aliphatic heterocycles. The quantitative estimate of drug-likeness (QED) is 0.341. The maximum absolute atomic E-state index is 13.3. The van der Waals surface area contributed by atoms with Crippen LogP contribution in [0.4, 0.5) is 0 Å². The summed E-state index contributed by atoms with van der Waals surface area (Å²) in [6, 6.07) is 9.86. The summed E-state index contributed by atoms with van der Waals surface area (Å²) in [7, 11) is 0. The minimum atomic E-state index is -0.624. The fraction of sp³-hybridized carbons (Fsp3) is 0.391. The van der Waals surface area contributed by atoms with Crippen LogP contribution in [0.15, 0.2) is 36.4 Å². The number of carbonyl (C=O) groups excluding carboxylic acids is 2. The average molecular weight is 536 g/mol. The molecule has 0 aromatic heterocycles. The molecule has 0 saturated heterocycles. The van der Waals surface area contributed by atoms with Crippen LogP contribution < -0.4 is 5.32 Å². The van der Waals surface area contributed by atoms with Crippen molar-refractivity contribution in [1.82, 2.24) is 10.2 Å². The highest BCUT2D eigenvalue weighted by Crippen LogP contribution is 2.28. The van der Waals surface area contributed by atoms with Crippen LogP contribution in [0, 0.1) is 0 Å². The maximum atomic E-state index is 13.3. The maximum Gasteiger partial charge on any atom is 0.242 e. The molecular weight excluding hydrogens is 510 g/mol. The van der Waals surface area contributed by atoms with Gasteiger partial charge in [0.2, 0.25) is 11.8 Å². The van der Waals surface area contributed by atoms with Gasteiger partial charge in [0.15, 0.2) is 0 Å². The molecule has 1 N–H and O–H groups in total. The smallest absolute Gasteiger partial charge is 0.242 e. The summed E-state index contributed by atoms with van der Waals surface area (Å²) in [4.78, 5) is 27.6. The van der Waals surface area contributed by atoms with Gasteiger partial charge in [-0.15, -0.1) is 11.8 Å². The molecule has 0 aliphatic carbocycles. The van der Waals surface area contributed by atoms with E-state index in [2.05, 4.69) is 5.32 Å². The molecule has 32 heavy (non-hydrogen) atoms. The molecule has 0 fully saturated rings. The van der Waals surface area contributed by atoms with Crippen molar-refractivity contribution in [2.24, 2.45) is 0 Å². The highest BCUT2D eigenvalue weighted by atomic mass is 35.5. The summed E-state index contributed by atoms with van der Waals surface area (Å²) in [5.74, 6) is 0.367. The second kappa shape index (κ2) is 13.6. The van der Waals surface area contributed by atoms with Crippen molar-refractivity contribution in [3.05, 3.63) is 67.6 Å². The lowest BCUT2D eigenvalue weighted by atomic mass is 10.1. The summed E-state index contributed by atoms with van der Waals surface area (Å²) >= 11 is 26.3. The van der Waals surface area contributed by atoms with E-state index in [-0.39, 0.29) is 24.1 Å². The van der Waals surface area contributed by atoms with Crippen LogP contribution in [-0.2, 0) is 21.9 Å². The van der Waals surface area contributed by atoms with E-state index >= 15 is 0 Å². The molecule has 0 saturated carbocycles. The molecule has 174 valence electrons. The molecular formula is C23H26Cl4N2O2S. The molecule has 0 spiro atoms. The molecule has 9 heteroatoms. The zero-order valence-corrected chi connectivity index (χ0v) is 21.8. The van der Waals surface area contributed by atoms with Gasteiger partial charge in [0, 0.05) is 44.5 Å². The van der Waals surface area contributed by atoms with Crippen LogP contribution in [0.2, 0.25) is 20.1 Å². The topological polar surface area (TPSA) is 49.4 Å². The SMILES string of the molecule is CCCNC(=O)[C@@H](CC)N(Cc1c(Cl)cccc1Cl)C(=O)CSCc1ccc(Cl)cc1Cl. The van der Waals surface area contributed by atoms with E-state index in [9.17, 15) is 9.59 Å². The molecule has 0 bridgehead atoms. The zero-order valence-electron chi connectivity index (χ0n) is 18.0. The lowest BCUT2D eigenvalue weighted by molar-refractivity contribution is -0.139. The Balaban J connectivity index is 2.19. The van der Waals surface area contributed by atoms with Gasteiger partial charge in [-0.05, 0) is 42.7 Å². The van der Waals surface area contributed by atoms with Crippen LogP contribution in [0.5, 0.6) is 0 Å². The van der Waals surface area contributed by atoms with Gasteiger partial charge in [0.05, 0.1) is 5.75 Å². The fourth-order valence-electron chi connectivity index (χ4n) is 3.11. The van der Waals surface area contributed by atoms with Gasteiger partial charge in [-0.3, -0.25) is 9.59 Å². The molecule has 0 radical (unpaired) electrons. The Bertz CT molecular complexity index is 922. The predicted molar refractivity (Wildman–Crippen MR) is 137 cm³/mol. The van der Waals surface area contributed by atoms with E-state index in [4.69, 9.17) is 46.4 Å². The third-order valence-corrected chi connectivity index (χ3v) is 7.08. The van der Waals surface area contributed by atoms with Crippen molar-refractivity contribution in [2.75, 3.05) is 12.3 Å². The van der Waals surface area contributed by atoms with Crippen LogP contribution >= 0.6 is 58.2 Å². The number of halogens is 4. The molecule has 4 nitrogen and oxygen atoms in total. The van der Waals surface area contributed by atoms with Crippen LogP contribution in [-0.4, -0.2) is 35.1 Å². The molecule has 0 aliphatic rings. The standard InChI is InChI=1S/C23H26Cl4N2O2S/c1-3-10-28-23(31)21(4-2)29(12-17-18(25)6-5-7-19(17)26)22(30)14-32-13-15-8-9-16(24)11-20(15)27/h5-9,11,21H,3-4,10,12-14H2,1-2H3,(H,28,31)/t21-/m1/s1. The third kappa shape index (κ3) is 7.74. The Labute approximate surface area is 213 Å². The number of rotatable bonds is 11. The number of nitrogens with one attached hydrogen (secondary N) is 1. The van der Waals surface area contributed by atoms with Crippen molar-refractivity contribution in [3.8, 4) is 0 Å². The van der Waals surface area contributed by atoms with Crippen molar-refractivity contribution in [1.29, 1.82) is 0 Å². The first-order chi connectivity index (χ1) is 15.3. The number of hydrogen-bond donors (Lipinski definition) is 1. The van der Waals surface area contributed by atoms with Gasteiger partial charge in [-0.1, -0.05) is 72.4 Å². The second-order valence-corrected chi connectivity index (χ2v) is 9.81. The highest BCUT2D eigenvalue weighted by Gasteiger charge is 2.29. The first-order valence-electron chi connectivity index (χ1n) is 10.3. The minimum absolute atomic E-state index is 0.150. The normalized spacial score (nSPS) is 11.8. The Kier molecular flexibility index (Phi) is 11.5. The van der Waals surface area contributed by atoms with Gasteiger partial charge in [0.1, 0.15) is 6.04 Å². The second-order valence-electron chi connectivity index (χ2n) is 7.17. The Morgan fingerprint density at radius 1 is 1.03 bits per heavy atom. The first-order valence-corrected chi connectivity index (χ1v) is 13.0. The molecule has 2 amide bonds. The van der Waals surface area contributed by atoms with E-state index in [1.165, 1.54) is 11.8 Å². The van der Waals surface area contributed by atoms with Crippen molar-refractivity contribution in [2.45, 2.75) is 45.0 Å². The summed E-state index contributed by atoms with van der Waals surface area (Å²) < 4.78 is 0. The summed E-state index contributed by atoms with van der Waals surface area (Å²) in [5.41, 5.74) is 1.51.